The van der Waals surface area contributed by atoms with Gasteiger partial charge in [-0.05, 0) is 67.9 Å². The highest BCUT2D eigenvalue weighted by molar-refractivity contribution is 6.06. The number of anilines is 2. The number of phenols is 2. The van der Waals surface area contributed by atoms with Crippen molar-refractivity contribution in [3.05, 3.63) is 41.0 Å². The van der Waals surface area contributed by atoms with Gasteiger partial charge < -0.3 is 31.1 Å². The van der Waals surface area contributed by atoms with Crippen LogP contribution in [-0.2, 0) is 11.3 Å². The third kappa shape index (κ3) is 7.53. The van der Waals surface area contributed by atoms with E-state index in [1.54, 1.807) is 6.07 Å². The largest absolute Gasteiger partial charge is 0.506 e. The molecule has 2 aromatic rings. The Bertz CT molecular complexity index is 1440. The van der Waals surface area contributed by atoms with E-state index in [1.807, 2.05) is 26.8 Å². The fraction of sp³-hybridized carbons (Fsp3) is 0.571. The van der Waals surface area contributed by atoms with Gasteiger partial charge >= 0.3 is 0 Å². The van der Waals surface area contributed by atoms with Crippen LogP contribution in [0.1, 0.15) is 113 Å². The van der Waals surface area contributed by atoms with E-state index in [-0.39, 0.29) is 47.5 Å². The summed E-state index contributed by atoms with van der Waals surface area (Å²) >= 11 is 0. The molecule has 2 aliphatic heterocycles. The number of nitrogens with one attached hydrogen (secondary N) is 3. The number of aliphatic imine (C=N–C) groups is 1. The first-order valence-electron chi connectivity index (χ1n) is 16.5. The van der Waals surface area contributed by atoms with Crippen molar-refractivity contribution in [3.8, 4) is 11.5 Å². The standard InChI is InChI=1S/C35H48FN5O4/c1-5-21-17-30(40-31-29(42)12-11-22(32(31)43)20-37-34(45)35(2,3)4)39-27-18-26(33(44)38-24-9-7-6-8-10-24)28(19-25(21)27)41-15-13-23(36)14-16-41/h11-12,18-19,21,23-24,42-43H,5-10,13-17,20H2,1-4H3,(H,37,45)(H,38,44)(H,39,40). The van der Waals surface area contributed by atoms with Crippen molar-refractivity contribution in [2.75, 3.05) is 23.3 Å². The SMILES string of the molecule is CCC1CC(=Nc2c(O)ccc(CNC(=O)C(C)(C)C)c2O)Nc2cc(C(=O)NC3CCCCC3)c(N3CCC(F)CC3)cc21. The summed E-state index contributed by atoms with van der Waals surface area (Å²) in [5, 5.41) is 31.2. The Morgan fingerprint density at radius 1 is 1.07 bits per heavy atom. The number of benzene rings is 2. The second-order valence-corrected chi connectivity index (χ2v) is 13.8. The number of piperidine rings is 1. The normalized spacial score (nSPS) is 20.4. The second-order valence-electron chi connectivity index (χ2n) is 13.8. The van der Waals surface area contributed by atoms with E-state index in [2.05, 4.69) is 38.8 Å². The summed E-state index contributed by atoms with van der Waals surface area (Å²) in [6, 6.07) is 7.16. The number of nitrogens with zero attached hydrogens (tertiary/aromatic N) is 2. The van der Waals surface area contributed by atoms with Crippen LogP contribution in [0.25, 0.3) is 0 Å². The van der Waals surface area contributed by atoms with Crippen molar-refractivity contribution in [2.24, 2.45) is 10.4 Å². The highest BCUT2D eigenvalue weighted by Gasteiger charge is 2.30. The summed E-state index contributed by atoms with van der Waals surface area (Å²) in [5.74, 6) is -0.0219. The molecule has 9 nitrogen and oxygen atoms in total. The van der Waals surface area contributed by atoms with Crippen LogP contribution >= 0.6 is 0 Å². The summed E-state index contributed by atoms with van der Waals surface area (Å²) in [7, 11) is 0. The molecule has 0 bridgehead atoms. The number of hydrogen-bond donors (Lipinski definition) is 5. The number of amides is 2. The van der Waals surface area contributed by atoms with Gasteiger partial charge in [0.05, 0.1) is 5.56 Å². The molecule has 5 N–H and O–H groups in total. The average Bonchev–Trinajstić information content (AvgIpc) is 3.02. The maximum Gasteiger partial charge on any atom is 0.253 e. The van der Waals surface area contributed by atoms with E-state index in [4.69, 9.17) is 0 Å². The number of fused-ring (bicyclic) bond motifs is 1. The van der Waals surface area contributed by atoms with Gasteiger partial charge in [0.15, 0.2) is 0 Å². The lowest BCUT2D eigenvalue weighted by Crippen LogP contribution is -2.39. The van der Waals surface area contributed by atoms with Gasteiger partial charge in [0.2, 0.25) is 5.91 Å². The maximum atomic E-state index is 14.1. The van der Waals surface area contributed by atoms with Gasteiger partial charge in [-0.2, -0.15) is 0 Å². The molecule has 1 atom stereocenters. The van der Waals surface area contributed by atoms with Crippen molar-refractivity contribution < 1.29 is 24.2 Å². The van der Waals surface area contributed by atoms with Crippen LogP contribution < -0.4 is 20.9 Å². The third-order valence-electron chi connectivity index (χ3n) is 9.35. The summed E-state index contributed by atoms with van der Waals surface area (Å²) in [5.41, 5.74) is 3.11. The number of carbonyl (C=O) groups is 2. The van der Waals surface area contributed by atoms with Crippen LogP contribution in [0.2, 0.25) is 0 Å². The molecule has 10 heteroatoms. The summed E-state index contributed by atoms with van der Waals surface area (Å²) in [6.45, 7) is 8.75. The van der Waals surface area contributed by atoms with Crippen LogP contribution in [0.5, 0.6) is 11.5 Å². The predicted molar refractivity (Wildman–Crippen MR) is 177 cm³/mol. The minimum absolute atomic E-state index is 0.0271. The number of aromatic hydroxyl groups is 2. The first-order valence-corrected chi connectivity index (χ1v) is 16.5. The summed E-state index contributed by atoms with van der Waals surface area (Å²) in [6.07, 6.45) is 6.76. The van der Waals surface area contributed by atoms with Gasteiger partial charge in [-0.3, -0.25) is 9.59 Å². The van der Waals surface area contributed by atoms with E-state index in [1.165, 1.54) is 12.5 Å². The number of amidine groups is 1. The lowest BCUT2D eigenvalue weighted by atomic mass is 9.86. The quantitative estimate of drug-likeness (QED) is 0.232. The molecule has 1 unspecified atom stereocenters. The zero-order valence-corrected chi connectivity index (χ0v) is 27.0. The average molecular weight is 622 g/mol. The fourth-order valence-corrected chi connectivity index (χ4v) is 6.52. The number of rotatable bonds is 7. The van der Waals surface area contributed by atoms with Gasteiger partial charge in [0.25, 0.3) is 5.91 Å². The number of hydrogen-bond acceptors (Lipinski definition) is 6. The third-order valence-corrected chi connectivity index (χ3v) is 9.35. The van der Waals surface area contributed by atoms with E-state index in [9.17, 15) is 24.2 Å². The first kappa shape index (κ1) is 32.6. The van der Waals surface area contributed by atoms with Crippen LogP contribution in [0, 0.1) is 5.41 Å². The zero-order chi connectivity index (χ0) is 32.3. The van der Waals surface area contributed by atoms with Crippen molar-refractivity contribution in [1.29, 1.82) is 0 Å². The molecular formula is C35H48FN5O4. The second kappa shape index (κ2) is 13.7. The summed E-state index contributed by atoms with van der Waals surface area (Å²) in [4.78, 5) is 33.0. The molecule has 3 aliphatic rings. The molecule has 2 aromatic carbocycles. The van der Waals surface area contributed by atoms with Gasteiger partial charge in [0.1, 0.15) is 29.2 Å². The molecule has 1 saturated heterocycles. The number of halogens is 1. The van der Waals surface area contributed by atoms with Crippen molar-refractivity contribution in [2.45, 2.75) is 110 Å². The van der Waals surface area contributed by atoms with Crippen LogP contribution in [0.15, 0.2) is 29.3 Å². The van der Waals surface area contributed by atoms with E-state index < -0.39 is 11.6 Å². The lowest BCUT2D eigenvalue weighted by molar-refractivity contribution is -0.128. The topological polar surface area (TPSA) is 126 Å². The molecule has 0 radical (unpaired) electrons. The minimum atomic E-state index is -0.816. The molecule has 45 heavy (non-hydrogen) atoms. The highest BCUT2D eigenvalue weighted by atomic mass is 19.1. The van der Waals surface area contributed by atoms with Crippen LogP contribution in [-0.4, -0.2) is 53.2 Å². The Balaban J connectivity index is 1.47. The zero-order valence-electron chi connectivity index (χ0n) is 27.0. The number of phenolic OH excluding ortho intramolecular Hbond substituents is 2. The number of alkyl halides is 1. The Labute approximate surface area is 265 Å². The molecule has 1 aliphatic carbocycles. The predicted octanol–water partition coefficient (Wildman–Crippen LogP) is 6.80. The minimum Gasteiger partial charge on any atom is -0.506 e. The molecule has 2 fully saturated rings. The molecule has 0 aromatic heterocycles. The van der Waals surface area contributed by atoms with Gasteiger partial charge in [0, 0.05) is 54.5 Å². The monoisotopic (exact) mass is 621 g/mol. The number of carbonyl (C=O) groups excluding carboxylic acids is 2. The molecule has 5 rings (SSSR count). The first-order chi connectivity index (χ1) is 21.4. The molecule has 2 heterocycles. The molecule has 2 amide bonds. The molecular weight excluding hydrogens is 573 g/mol. The van der Waals surface area contributed by atoms with E-state index in [0.717, 1.165) is 49.0 Å². The molecule has 0 spiro atoms. The van der Waals surface area contributed by atoms with Gasteiger partial charge in [-0.25, -0.2) is 9.38 Å². The fourth-order valence-electron chi connectivity index (χ4n) is 6.52. The molecule has 1 saturated carbocycles. The Kier molecular flexibility index (Phi) is 9.89. The van der Waals surface area contributed by atoms with E-state index in [0.29, 0.717) is 49.3 Å². The summed E-state index contributed by atoms with van der Waals surface area (Å²) < 4.78 is 14.1. The van der Waals surface area contributed by atoms with Gasteiger partial charge in [-0.15, -0.1) is 0 Å². The Morgan fingerprint density at radius 2 is 1.78 bits per heavy atom. The molecule has 244 valence electrons. The maximum absolute atomic E-state index is 14.1. The smallest absolute Gasteiger partial charge is 0.253 e. The van der Waals surface area contributed by atoms with Gasteiger partial charge in [-0.1, -0.05) is 47.0 Å². The highest BCUT2D eigenvalue weighted by Crippen LogP contribution is 2.43. The van der Waals surface area contributed by atoms with E-state index >= 15 is 0 Å². The Hall–Kier alpha value is -3.82. The van der Waals surface area contributed by atoms with Crippen molar-refractivity contribution >= 4 is 34.7 Å². The van der Waals surface area contributed by atoms with Crippen LogP contribution in [0.4, 0.5) is 21.5 Å². The van der Waals surface area contributed by atoms with Crippen molar-refractivity contribution in [3.63, 3.8) is 0 Å². The Morgan fingerprint density at radius 3 is 2.44 bits per heavy atom. The lowest BCUT2D eigenvalue weighted by Gasteiger charge is -2.35. The van der Waals surface area contributed by atoms with Crippen molar-refractivity contribution in [1.82, 2.24) is 10.6 Å². The van der Waals surface area contributed by atoms with Crippen LogP contribution in [0.3, 0.4) is 0 Å².